The second-order valence-corrected chi connectivity index (χ2v) is 2.93. The van der Waals surface area contributed by atoms with Gasteiger partial charge in [-0.15, -0.1) is 0 Å². The number of carbonyl (C=O) groups is 1. The number of esters is 1. The van der Waals surface area contributed by atoms with Crippen LogP contribution in [0.4, 0.5) is 5.69 Å². The molecule has 14 heavy (non-hydrogen) atoms. The molecule has 0 aliphatic heterocycles. The van der Waals surface area contributed by atoms with Crippen LogP contribution in [0.2, 0.25) is 0 Å². The van der Waals surface area contributed by atoms with Gasteiger partial charge in [-0.2, -0.15) is 0 Å². The topological polar surface area (TPSA) is 72.5 Å². The van der Waals surface area contributed by atoms with Crippen LogP contribution in [0.25, 0.3) is 0 Å². The average molecular weight is 195 g/mol. The number of carbonyl (C=O) groups excluding carboxylic acids is 1. The first-order valence-corrected chi connectivity index (χ1v) is 4.32. The van der Waals surface area contributed by atoms with Crippen molar-refractivity contribution in [3.8, 4) is 5.75 Å². The van der Waals surface area contributed by atoms with Crippen LogP contribution in [0, 0.1) is 6.92 Å². The monoisotopic (exact) mass is 195 g/mol. The van der Waals surface area contributed by atoms with Crippen LogP contribution in [0.1, 0.15) is 22.8 Å². The van der Waals surface area contributed by atoms with Crippen LogP contribution >= 0.6 is 0 Å². The first-order valence-electron chi connectivity index (χ1n) is 4.32. The summed E-state index contributed by atoms with van der Waals surface area (Å²) in [5, 5.41) is 9.41. The van der Waals surface area contributed by atoms with Gasteiger partial charge in [-0.1, -0.05) is 0 Å². The van der Waals surface area contributed by atoms with Crippen molar-refractivity contribution < 1.29 is 14.6 Å². The van der Waals surface area contributed by atoms with Crippen molar-refractivity contribution in [1.82, 2.24) is 0 Å². The number of rotatable bonds is 2. The van der Waals surface area contributed by atoms with E-state index in [4.69, 9.17) is 10.5 Å². The van der Waals surface area contributed by atoms with E-state index >= 15 is 0 Å². The Kier molecular flexibility index (Phi) is 2.96. The summed E-state index contributed by atoms with van der Waals surface area (Å²) in [6, 6.07) is 2.84. The van der Waals surface area contributed by atoms with Crippen LogP contribution in [0.15, 0.2) is 12.1 Å². The molecule has 1 rings (SSSR count). The molecular weight excluding hydrogens is 182 g/mol. The van der Waals surface area contributed by atoms with E-state index in [0.29, 0.717) is 17.9 Å². The van der Waals surface area contributed by atoms with Crippen molar-refractivity contribution in [1.29, 1.82) is 0 Å². The zero-order valence-corrected chi connectivity index (χ0v) is 8.20. The molecule has 1 aromatic carbocycles. The van der Waals surface area contributed by atoms with Crippen molar-refractivity contribution >= 4 is 11.7 Å². The molecular formula is C10H13NO3. The van der Waals surface area contributed by atoms with Gasteiger partial charge in [0, 0.05) is 11.3 Å². The molecule has 0 fully saturated rings. The Labute approximate surface area is 82.3 Å². The lowest BCUT2D eigenvalue weighted by Crippen LogP contribution is -2.05. The molecule has 0 saturated carbocycles. The molecule has 0 atom stereocenters. The van der Waals surface area contributed by atoms with Crippen LogP contribution < -0.4 is 5.73 Å². The molecule has 0 amide bonds. The SMILES string of the molecule is CCOC(=O)c1cc(N)c(C)c(O)c1. The Bertz CT molecular complexity index is 337. The maximum absolute atomic E-state index is 11.3. The number of benzene rings is 1. The number of anilines is 1. The van der Waals surface area contributed by atoms with Gasteiger partial charge in [0.15, 0.2) is 0 Å². The Morgan fingerprint density at radius 3 is 2.71 bits per heavy atom. The lowest BCUT2D eigenvalue weighted by atomic mass is 10.1. The highest BCUT2D eigenvalue weighted by Crippen LogP contribution is 2.24. The van der Waals surface area contributed by atoms with E-state index in [9.17, 15) is 9.90 Å². The van der Waals surface area contributed by atoms with E-state index in [1.165, 1.54) is 12.1 Å². The fourth-order valence-electron chi connectivity index (χ4n) is 1.05. The summed E-state index contributed by atoms with van der Waals surface area (Å²) < 4.78 is 4.77. The van der Waals surface area contributed by atoms with E-state index in [0.717, 1.165) is 0 Å². The van der Waals surface area contributed by atoms with Crippen molar-refractivity contribution in [3.05, 3.63) is 23.3 Å². The molecule has 0 aliphatic rings. The van der Waals surface area contributed by atoms with Crippen LogP contribution in [-0.2, 0) is 4.74 Å². The van der Waals surface area contributed by atoms with Gasteiger partial charge in [0.1, 0.15) is 5.75 Å². The van der Waals surface area contributed by atoms with Gasteiger partial charge in [0.05, 0.1) is 12.2 Å². The van der Waals surface area contributed by atoms with Crippen LogP contribution in [0.3, 0.4) is 0 Å². The zero-order valence-electron chi connectivity index (χ0n) is 8.20. The summed E-state index contributed by atoms with van der Waals surface area (Å²) in [7, 11) is 0. The van der Waals surface area contributed by atoms with Gasteiger partial charge >= 0.3 is 5.97 Å². The first kappa shape index (κ1) is 10.4. The van der Waals surface area contributed by atoms with Gasteiger partial charge in [-0.3, -0.25) is 0 Å². The smallest absolute Gasteiger partial charge is 0.338 e. The lowest BCUT2D eigenvalue weighted by molar-refractivity contribution is 0.0526. The molecule has 4 nitrogen and oxygen atoms in total. The highest BCUT2D eigenvalue weighted by molar-refractivity contribution is 5.91. The Morgan fingerprint density at radius 2 is 2.21 bits per heavy atom. The summed E-state index contributed by atoms with van der Waals surface area (Å²) in [5.41, 5.74) is 6.81. The van der Waals surface area contributed by atoms with Crippen molar-refractivity contribution in [2.45, 2.75) is 13.8 Å². The van der Waals surface area contributed by atoms with Gasteiger partial charge in [-0.05, 0) is 26.0 Å². The molecule has 0 heterocycles. The third-order valence-corrected chi connectivity index (χ3v) is 1.93. The van der Waals surface area contributed by atoms with E-state index in [-0.39, 0.29) is 11.3 Å². The molecule has 0 aliphatic carbocycles. The second kappa shape index (κ2) is 4.00. The summed E-state index contributed by atoms with van der Waals surface area (Å²) >= 11 is 0. The number of hydrogen-bond acceptors (Lipinski definition) is 4. The van der Waals surface area contributed by atoms with Gasteiger partial charge in [-0.25, -0.2) is 4.79 Å². The highest BCUT2D eigenvalue weighted by atomic mass is 16.5. The van der Waals surface area contributed by atoms with Gasteiger partial charge < -0.3 is 15.6 Å². The summed E-state index contributed by atoms with van der Waals surface area (Å²) in [5.74, 6) is -0.470. The quantitative estimate of drug-likeness (QED) is 0.553. The van der Waals surface area contributed by atoms with E-state index < -0.39 is 5.97 Å². The predicted molar refractivity (Wildman–Crippen MR) is 53.2 cm³/mol. The number of nitrogen functional groups attached to an aromatic ring is 1. The maximum atomic E-state index is 11.3. The minimum atomic E-state index is -0.477. The van der Waals surface area contributed by atoms with Gasteiger partial charge in [0.2, 0.25) is 0 Å². The number of phenolic OH excluding ortho intramolecular Hbond substituents is 1. The molecule has 4 heteroatoms. The number of nitrogens with two attached hydrogens (primary N) is 1. The lowest BCUT2D eigenvalue weighted by Gasteiger charge is -2.06. The van der Waals surface area contributed by atoms with Crippen molar-refractivity contribution in [3.63, 3.8) is 0 Å². The van der Waals surface area contributed by atoms with E-state index in [2.05, 4.69) is 0 Å². The molecule has 0 spiro atoms. The molecule has 0 radical (unpaired) electrons. The molecule has 1 aromatic rings. The molecule has 0 aromatic heterocycles. The van der Waals surface area contributed by atoms with Crippen LogP contribution in [0.5, 0.6) is 5.75 Å². The normalized spacial score (nSPS) is 9.86. The number of aromatic hydroxyl groups is 1. The van der Waals surface area contributed by atoms with E-state index in [1.807, 2.05) is 0 Å². The third-order valence-electron chi connectivity index (χ3n) is 1.93. The fourth-order valence-corrected chi connectivity index (χ4v) is 1.05. The number of phenols is 1. The maximum Gasteiger partial charge on any atom is 0.338 e. The average Bonchev–Trinajstić information content (AvgIpc) is 2.13. The first-order chi connectivity index (χ1) is 6.56. The van der Waals surface area contributed by atoms with E-state index in [1.54, 1.807) is 13.8 Å². The largest absolute Gasteiger partial charge is 0.508 e. The highest BCUT2D eigenvalue weighted by Gasteiger charge is 2.10. The Balaban J connectivity index is 3.06. The predicted octanol–water partition coefficient (Wildman–Crippen LogP) is 1.46. The van der Waals surface area contributed by atoms with Crippen molar-refractivity contribution in [2.75, 3.05) is 12.3 Å². The minimum absolute atomic E-state index is 0.00746. The Hall–Kier alpha value is -1.71. The van der Waals surface area contributed by atoms with Crippen molar-refractivity contribution in [2.24, 2.45) is 0 Å². The number of ether oxygens (including phenoxy) is 1. The third kappa shape index (κ3) is 1.96. The number of hydrogen-bond donors (Lipinski definition) is 2. The molecule has 0 unspecified atom stereocenters. The van der Waals surface area contributed by atoms with Crippen LogP contribution in [-0.4, -0.2) is 17.7 Å². The van der Waals surface area contributed by atoms with Gasteiger partial charge in [0.25, 0.3) is 0 Å². The zero-order chi connectivity index (χ0) is 10.7. The molecule has 76 valence electrons. The second-order valence-electron chi connectivity index (χ2n) is 2.93. The fraction of sp³-hybridized carbons (Fsp3) is 0.300. The molecule has 0 bridgehead atoms. The standard InChI is InChI=1S/C10H13NO3/c1-3-14-10(13)7-4-8(11)6(2)9(12)5-7/h4-5,12H,3,11H2,1-2H3. The molecule has 3 N–H and O–H groups in total. The summed E-state index contributed by atoms with van der Waals surface area (Å²) in [6.07, 6.45) is 0. The molecule has 0 saturated heterocycles. The summed E-state index contributed by atoms with van der Waals surface area (Å²) in [4.78, 5) is 11.3. The summed E-state index contributed by atoms with van der Waals surface area (Å²) in [6.45, 7) is 3.70. The Morgan fingerprint density at radius 1 is 1.57 bits per heavy atom. The minimum Gasteiger partial charge on any atom is -0.508 e.